The van der Waals surface area contributed by atoms with E-state index in [0.29, 0.717) is 17.8 Å². The van der Waals surface area contributed by atoms with E-state index in [0.717, 1.165) is 19.3 Å². The first-order chi connectivity index (χ1) is 11.6. The minimum Gasteiger partial charge on any atom is -0.476 e. The number of aromatic nitrogens is 4. The van der Waals surface area contributed by atoms with Crippen molar-refractivity contribution in [3.05, 3.63) is 11.6 Å². The summed E-state index contributed by atoms with van der Waals surface area (Å²) in [5.41, 5.74) is 0.769. The molecule has 9 heteroatoms. The van der Waals surface area contributed by atoms with E-state index in [2.05, 4.69) is 21.9 Å². The fourth-order valence-electron chi connectivity index (χ4n) is 2.74. The lowest BCUT2D eigenvalue weighted by Gasteiger charge is -2.15. The third-order valence-corrected chi connectivity index (χ3v) is 4.12. The SMILES string of the molecule is CCCCCOc1nc(Cl)nc2c1ncn2[C@@H]1O[C@H](CO)C[C@@H]1F. The number of aliphatic hydroxyl groups is 1. The van der Waals surface area contributed by atoms with Crippen LogP contribution < -0.4 is 4.74 Å². The molecule has 1 saturated heterocycles. The van der Waals surface area contributed by atoms with Gasteiger partial charge < -0.3 is 14.6 Å². The average Bonchev–Trinajstić information content (AvgIpc) is 3.14. The maximum Gasteiger partial charge on any atom is 0.246 e. The molecular weight excluding hydrogens is 339 g/mol. The summed E-state index contributed by atoms with van der Waals surface area (Å²) in [6, 6.07) is 0. The van der Waals surface area contributed by atoms with Gasteiger partial charge in [-0.3, -0.25) is 4.57 Å². The molecule has 0 aliphatic carbocycles. The Bertz CT molecular complexity index is 699. The molecule has 2 aromatic heterocycles. The molecule has 0 spiro atoms. The van der Waals surface area contributed by atoms with Crippen molar-refractivity contribution in [1.82, 2.24) is 19.5 Å². The summed E-state index contributed by atoms with van der Waals surface area (Å²) < 4.78 is 26.9. The van der Waals surface area contributed by atoms with Gasteiger partial charge in [-0.25, -0.2) is 9.37 Å². The summed E-state index contributed by atoms with van der Waals surface area (Å²) in [5, 5.41) is 9.16. The molecule has 3 heterocycles. The van der Waals surface area contributed by atoms with Gasteiger partial charge >= 0.3 is 0 Å². The van der Waals surface area contributed by atoms with Gasteiger partial charge in [-0.15, -0.1) is 0 Å². The molecule has 3 rings (SSSR count). The molecule has 1 fully saturated rings. The Hall–Kier alpha value is -1.51. The van der Waals surface area contributed by atoms with E-state index < -0.39 is 18.5 Å². The van der Waals surface area contributed by atoms with Crippen LogP contribution >= 0.6 is 11.6 Å². The van der Waals surface area contributed by atoms with Gasteiger partial charge in [-0.1, -0.05) is 19.8 Å². The van der Waals surface area contributed by atoms with E-state index >= 15 is 0 Å². The first-order valence-corrected chi connectivity index (χ1v) is 8.45. The first kappa shape index (κ1) is 17.3. The van der Waals surface area contributed by atoms with Crippen LogP contribution in [-0.2, 0) is 4.74 Å². The molecule has 0 amide bonds. The van der Waals surface area contributed by atoms with Crippen molar-refractivity contribution in [2.24, 2.45) is 0 Å². The third-order valence-electron chi connectivity index (χ3n) is 3.96. The second-order valence-electron chi connectivity index (χ2n) is 5.76. The Morgan fingerprint density at radius 1 is 1.46 bits per heavy atom. The topological polar surface area (TPSA) is 82.3 Å². The monoisotopic (exact) mass is 358 g/mol. The van der Waals surface area contributed by atoms with Gasteiger partial charge in [0.25, 0.3) is 0 Å². The molecule has 7 nitrogen and oxygen atoms in total. The van der Waals surface area contributed by atoms with Crippen LogP contribution in [0.25, 0.3) is 11.2 Å². The lowest BCUT2D eigenvalue weighted by Crippen LogP contribution is -2.17. The molecule has 0 aromatic carbocycles. The summed E-state index contributed by atoms with van der Waals surface area (Å²) in [5.74, 6) is 0.284. The zero-order valence-corrected chi connectivity index (χ0v) is 14.1. The Labute approximate surface area is 143 Å². The molecule has 132 valence electrons. The summed E-state index contributed by atoms with van der Waals surface area (Å²) in [4.78, 5) is 12.4. The lowest BCUT2D eigenvalue weighted by molar-refractivity contribution is -0.0351. The van der Waals surface area contributed by atoms with Gasteiger partial charge in [0.15, 0.2) is 17.4 Å². The van der Waals surface area contributed by atoms with Gasteiger partial charge in [-0.05, 0) is 18.0 Å². The van der Waals surface area contributed by atoms with Crippen molar-refractivity contribution in [2.75, 3.05) is 13.2 Å². The smallest absolute Gasteiger partial charge is 0.246 e. The Kier molecular flexibility index (Phi) is 5.47. The average molecular weight is 359 g/mol. The van der Waals surface area contributed by atoms with Crippen molar-refractivity contribution in [1.29, 1.82) is 0 Å². The van der Waals surface area contributed by atoms with Crippen molar-refractivity contribution < 1.29 is 19.0 Å². The molecule has 3 atom stereocenters. The van der Waals surface area contributed by atoms with Gasteiger partial charge in [-0.2, -0.15) is 9.97 Å². The number of nitrogens with zero attached hydrogens (tertiary/aromatic N) is 4. The Balaban J connectivity index is 1.87. The van der Waals surface area contributed by atoms with Crippen molar-refractivity contribution in [3.8, 4) is 5.88 Å². The molecule has 2 aromatic rings. The van der Waals surface area contributed by atoms with Crippen LogP contribution in [0.3, 0.4) is 0 Å². The van der Waals surface area contributed by atoms with E-state index in [9.17, 15) is 4.39 Å². The van der Waals surface area contributed by atoms with Gasteiger partial charge in [0.05, 0.1) is 25.6 Å². The van der Waals surface area contributed by atoms with Crippen molar-refractivity contribution >= 4 is 22.8 Å². The first-order valence-electron chi connectivity index (χ1n) is 8.07. The van der Waals surface area contributed by atoms with Gasteiger partial charge in [0, 0.05) is 6.42 Å². The number of rotatable bonds is 7. The molecular formula is C15H20ClFN4O3. The third kappa shape index (κ3) is 3.45. The fourth-order valence-corrected chi connectivity index (χ4v) is 2.89. The number of fused-ring (bicyclic) bond motifs is 1. The highest BCUT2D eigenvalue weighted by Crippen LogP contribution is 2.34. The fraction of sp³-hybridized carbons (Fsp3) is 0.667. The predicted octanol–water partition coefficient (Wildman–Crippen LogP) is 2.67. The van der Waals surface area contributed by atoms with Crippen LogP contribution in [0, 0.1) is 0 Å². The number of alkyl halides is 1. The molecule has 0 saturated carbocycles. The summed E-state index contributed by atoms with van der Waals surface area (Å²) >= 11 is 5.97. The molecule has 1 aliphatic rings. The number of imidazole rings is 1. The van der Waals surface area contributed by atoms with E-state index in [4.69, 9.17) is 26.2 Å². The van der Waals surface area contributed by atoms with Crippen LogP contribution in [0.5, 0.6) is 5.88 Å². The van der Waals surface area contributed by atoms with Gasteiger partial charge in [0.2, 0.25) is 11.2 Å². The van der Waals surface area contributed by atoms with Crippen molar-refractivity contribution in [3.63, 3.8) is 0 Å². The molecule has 0 unspecified atom stereocenters. The number of hydrogen-bond acceptors (Lipinski definition) is 6. The van der Waals surface area contributed by atoms with Crippen LogP contribution in [0.15, 0.2) is 6.33 Å². The van der Waals surface area contributed by atoms with E-state index in [1.807, 2.05) is 0 Å². The van der Waals surface area contributed by atoms with Crippen molar-refractivity contribution in [2.45, 2.75) is 51.1 Å². The van der Waals surface area contributed by atoms with Crippen LogP contribution in [0.2, 0.25) is 5.28 Å². The normalized spacial score (nSPS) is 23.9. The zero-order chi connectivity index (χ0) is 17.1. The minimum atomic E-state index is -1.26. The van der Waals surface area contributed by atoms with E-state index in [1.54, 1.807) is 0 Å². The highest BCUT2D eigenvalue weighted by atomic mass is 35.5. The van der Waals surface area contributed by atoms with E-state index in [1.165, 1.54) is 10.9 Å². The Morgan fingerprint density at radius 3 is 3.00 bits per heavy atom. The summed E-state index contributed by atoms with van der Waals surface area (Å²) in [6.45, 7) is 2.38. The number of aliphatic hydroxyl groups excluding tert-OH is 1. The minimum absolute atomic E-state index is 0.00172. The number of halogens is 2. The summed E-state index contributed by atoms with van der Waals surface area (Å²) in [6.07, 6.45) is 1.90. The van der Waals surface area contributed by atoms with Crippen LogP contribution in [0.4, 0.5) is 4.39 Å². The molecule has 1 aliphatic heterocycles. The number of unbranched alkanes of at least 4 members (excludes halogenated alkanes) is 2. The lowest BCUT2D eigenvalue weighted by atomic mass is 10.2. The van der Waals surface area contributed by atoms with E-state index in [-0.39, 0.29) is 24.2 Å². The Morgan fingerprint density at radius 2 is 2.29 bits per heavy atom. The maximum absolute atomic E-state index is 14.2. The highest BCUT2D eigenvalue weighted by Gasteiger charge is 2.37. The highest BCUT2D eigenvalue weighted by molar-refractivity contribution is 6.28. The second-order valence-corrected chi connectivity index (χ2v) is 6.10. The standard InChI is InChI=1S/C15H20ClFN4O3/c1-2-3-4-5-23-13-11-12(19-15(16)20-13)21(8-18-11)14-10(17)6-9(7-22)24-14/h8-10,14,22H,2-7H2,1H3/t9-,10-,14+/m0/s1. The zero-order valence-electron chi connectivity index (χ0n) is 13.4. The molecule has 0 radical (unpaired) electrons. The van der Waals surface area contributed by atoms with Gasteiger partial charge in [0.1, 0.15) is 6.17 Å². The number of ether oxygens (including phenoxy) is 2. The number of hydrogen-bond donors (Lipinski definition) is 1. The molecule has 1 N–H and O–H groups in total. The van der Waals surface area contributed by atoms with Crippen LogP contribution in [0.1, 0.15) is 38.8 Å². The quantitative estimate of drug-likeness (QED) is 0.605. The second kappa shape index (κ2) is 7.58. The largest absolute Gasteiger partial charge is 0.476 e. The van der Waals surface area contributed by atoms with Crippen LogP contribution in [-0.4, -0.2) is 50.1 Å². The summed E-state index contributed by atoms with van der Waals surface area (Å²) in [7, 11) is 0. The predicted molar refractivity (Wildman–Crippen MR) is 85.9 cm³/mol. The molecule has 0 bridgehead atoms. The molecule has 24 heavy (non-hydrogen) atoms. The maximum atomic E-state index is 14.2.